The summed E-state index contributed by atoms with van der Waals surface area (Å²) in [7, 11) is 0. The van der Waals surface area contributed by atoms with Gasteiger partial charge in [-0.2, -0.15) is 4.98 Å². The second kappa shape index (κ2) is 7.21. The van der Waals surface area contributed by atoms with Crippen LogP contribution in [0.3, 0.4) is 0 Å². The third-order valence-corrected chi connectivity index (χ3v) is 3.71. The summed E-state index contributed by atoms with van der Waals surface area (Å²) in [5.74, 6) is 0.588. The molecule has 128 valence electrons. The lowest BCUT2D eigenvalue weighted by Gasteiger charge is -2.18. The maximum absolute atomic E-state index is 12.4. The number of carbonyl (C=O) groups is 1. The van der Waals surface area contributed by atoms with Gasteiger partial charge in [-0.05, 0) is 12.8 Å². The summed E-state index contributed by atoms with van der Waals surface area (Å²) in [6, 6.07) is 9.12. The summed E-state index contributed by atoms with van der Waals surface area (Å²) in [6.07, 6.45) is 3.00. The van der Waals surface area contributed by atoms with Crippen molar-refractivity contribution < 1.29 is 9.32 Å². The molecule has 7 heteroatoms. The van der Waals surface area contributed by atoms with Crippen molar-refractivity contribution in [3.05, 3.63) is 60.0 Å². The number of hydrogen-bond acceptors (Lipinski definition) is 6. The Kier molecular flexibility index (Phi) is 4.83. The largest absolute Gasteiger partial charge is 0.339 e. The van der Waals surface area contributed by atoms with Gasteiger partial charge in [0.15, 0.2) is 0 Å². The molecule has 0 bridgehead atoms. The van der Waals surface area contributed by atoms with Gasteiger partial charge < -0.3 is 9.84 Å². The minimum Gasteiger partial charge on any atom is -0.339 e. The van der Waals surface area contributed by atoms with Crippen LogP contribution in [0, 0.1) is 12.8 Å². The molecule has 1 atom stereocenters. The predicted octanol–water partition coefficient (Wildman–Crippen LogP) is 2.96. The number of nitrogens with zero attached hydrogens (tertiary/aromatic N) is 4. The lowest BCUT2D eigenvalue weighted by molar-refractivity contribution is 0.0908. The first-order chi connectivity index (χ1) is 12.0. The molecule has 2 aromatic heterocycles. The Morgan fingerprint density at radius 2 is 1.88 bits per heavy atom. The zero-order chi connectivity index (χ0) is 17.8. The first kappa shape index (κ1) is 16.8. The molecule has 7 nitrogen and oxygen atoms in total. The standard InChI is InChI=1S/C18H19N5O2/c1-11(2)15(21-17(24)14-10-19-12(3)9-20-14)18-22-16(23-25-18)13-7-5-4-6-8-13/h4-11,15H,1-3H3,(H,21,24)/t15-/m0/s1. The normalized spacial score (nSPS) is 12.2. The van der Waals surface area contributed by atoms with E-state index >= 15 is 0 Å². The van der Waals surface area contributed by atoms with E-state index in [4.69, 9.17) is 4.52 Å². The molecule has 0 saturated heterocycles. The molecule has 0 aliphatic heterocycles. The zero-order valence-electron chi connectivity index (χ0n) is 14.3. The number of amides is 1. The molecule has 0 fully saturated rings. The summed E-state index contributed by atoms with van der Waals surface area (Å²) in [5.41, 5.74) is 1.86. The van der Waals surface area contributed by atoms with E-state index in [0.717, 1.165) is 11.3 Å². The number of rotatable bonds is 5. The monoisotopic (exact) mass is 337 g/mol. The molecular formula is C18H19N5O2. The molecule has 0 unspecified atom stereocenters. The molecule has 0 aliphatic rings. The maximum atomic E-state index is 12.4. The summed E-state index contributed by atoms with van der Waals surface area (Å²) in [5, 5.41) is 6.91. The highest BCUT2D eigenvalue weighted by Gasteiger charge is 2.25. The van der Waals surface area contributed by atoms with E-state index in [2.05, 4.69) is 25.4 Å². The summed E-state index contributed by atoms with van der Waals surface area (Å²) in [6.45, 7) is 5.76. The highest BCUT2D eigenvalue weighted by Crippen LogP contribution is 2.23. The Morgan fingerprint density at radius 1 is 1.12 bits per heavy atom. The van der Waals surface area contributed by atoms with Gasteiger partial charge in [0.1, 0.15) is 11.7 Å². The number of benzene rings is 1. The topological polar surface area (TPSA) is 93.8 Å². The van der Waals surface area contributed by atoms with Gasteiger partial charge >= 0.3 is 0 Å². The molecule has 2 heterocycles. The molecular weight excluding hydrogens is 318 g/mol. The van der Waals surface area contributed by atoms with Gasteiger partial charge in [-0.15, -0.1) is 0 Å². The van der Waals surface area contributed by atoms with Gasteiger partial charge in [0.2, 0.25) is 11.7 Å². The average Bonchev–Trinajstić information content (AvgIpc) is 3.10. The second-order valence-electron chi connectivity index (χ2n) is 6.06. The fourth-order valence-electron chi connectivity index (χ4n) is 2.30. The lowest BCUT2D eigenvalue weighted by Crippen LogP contribution is -2.32. The molecule has 0 aliphatic carbocycles. The molecule has 1 aromatic carbocycles. The minimum atomic E-state index is -0.416. The number of aromatic nitrogens is 4. The first-order valence-corrected chi connectivity index (χ1v) is 8.03. The molecule has 1 N–H and O–H groups in total. The smallest absolute Gasteiger partial charge is 0.272 e. The fourth-order valence-corrected chi connectivity index (χ4v) is 2.30. The van der Waals surface area contributed by atoms with Crippen molar-refractivity contribution in [2.24, 2.45) is 5.92 Å². The van der Waals surface area contributed by atoms with Crippen LogP contribution in [0.25, 0.3) is 11.4 Å². The van der Waals surface area contributed by atoms with Crippen molar-refractivity contribution in [3.8, 4) is 11.4 Å². The highest BCUT2D eigenvalue weighted by atomic mass is 16.5. The van der Waals surface area contributed by atoms with Crippen molar-refractivity contribution in [2.75, 3.05) is 0 Å². The van der Waals surface area contributed by atoms with Crippen molar-refractivity contribution in [1.29, 1.82) is 0 Å². The van der Waals surface area contributed by atoms with Crippen LogP contribution in [0.1, 0.15) is 42.0 Å². The van der Waals surface area contributed by atoms with E-state index in [1.165, 1.54) is 6.20 Å². The Balaban J connectivity index is 1.81. The van der Waals surface area contributed by atoms with Crippen LogP contribution in [-0.4, -0.2) is 26.0 Å². The van der Waals surface area contributed by atoms with Gasteiger partial charge in [0.05, 0.1) is 11.9 Å². The minimum absolute atomic E-state index is 0.0615. The van der Waals surface area contributed by atoms with Crippen molar-refractivity contribution >= 4 is 5.91 Å². The molecule has 3 rings (SSSR count). The Morgan fingerprint density at radius 3 is 2.52 bits per heavy atom. The van der Waals surface area contributed by atoms with E-state index in [1.54, 1.807) is 6.20 Å². The maximum Gasteiger partial charge on any atom is 0.272 e. The first-order valence-electron chi connectivity index (χ1n) is 8.03. The van der Waals surface area contributed by atoms with Crippen LogP contribution >= 0.6 is 0 Å². The number of aryl methyl sites for hydroxylation is 1. The van der Waals surface area contributed by atoms with E-state index < -0.39 is 6.04 Å². The van der Waals surface area contributed by atoms with E-state index in [-0.39, 0.29) is 17.5 Å². The summed E-state index contributed by atoms with van der Waals surface area (Å²) in [4.78, 5) is 25.0. The number of carbonyl (C=O) groups excluding carboxylic acids is 1. The summed E-state index contributed by atoms with van der Waals surface area (Å²) >= 11 is 0. The second-order valence-corrected chi connectivity index (χ2v) is 6.06. The van der Waals surface area contributed by atoms with Gasteiger partial charge in [-0.25, -0.2) is 4.98 Å². The molecule has 0 saturated carbocycles. The molecule has 0 spiro atoms. The van der Waals surface area contributed by atoms with Crippen LogP contribution < -0.4 is 5.32 Å². The molecule has 1 amide bonds. The Hall–Kier alpha value is -3.09. The third kappa shape index (κ3) is 3.88. The van der Waals surface area contributed by atoms with Gasteiger partial charge in [-0.1, -0.05) is 49.3 Å². The van der Waals surface area contributed by atoms with Crippen LogP contribution in [-0.2, 0) is 0 Å². The molecule has 3 aromatic rings. The van der Waals surface area contributed by atoms with Crippen molar-refractivity contribution in [3.63, 3.8) is 0 Å². The van der Waals surface area contributed by atoms with Gasteiger partial charge in [0, 0.05) is 11.8 Å². The third-order valence-electron chi connectivity index (χ3n) is 3.71. The molecule has 0 radical (unpaired) electrons. The molecule has 25 heavy (non-hydrogen) atoms. The van der Waals surface area contributed by atoms with Crippen LogP contribution in [0.2, 0.25) is 0 Å². The van der Waals surface area contributed by atoms with Crippen molar-refractivity contribution in [2.45, 2.75) is 26.8 Å². The van der Waals surface area contributed by atoms with Crippen LogP contribution in [0.5, 0.6) is 0 Å². The average molecular weight is 337 g/mol. The lowest BCUT2D eigenvalue weighted by atomic mass is 10.0. The van der Waals surface area contributed by atoms with E-state index in [0.29, 0.717) is 11.7 Å². The van der Waals surface area contributed by atoms with Gasteiger partial charge in [0.25, 0.3) is 5.91 Å². The van der Waals surface area contributed by atoms with E-state index in [9.17, 15) is 4.79 Å². The number of hydrogen-bond donors (Lipinski definition) is 1. The van der Waals surface area contributed by atoms with E-state index in [1.807, 2.05) is 51.1 Å². The quantitative estimate of drug-likeness (QED) is 0.769. The fraction of sp³-hybridized carbons (Fsp3) is 0.278. The predicted molar refractivity (Wildman–Crippen MR) is 91.5 cm³/mol. The zero-order valence-corrected chi connectivity index (χ0v) is 14.3. The summed E-state index contributed by atoms with van der Waals surface area (Å²) < 4.78 is 5.39. The highest BCUT2D eigenvalue weighted by molar-refractivity contribution is 5.92. The SMILES string of the molecule is Cc1cnc(C(=O)N[C@H](c2nc(-c3ccccc3)no2)C(C)C)cn1. The van der Waals surface area contributed by atoms with Crippen molar-refractivity contribution in [1.82, 2.24) is 25.4 Å². The Labute approximate surface area is 145 Å². The number of nitrogens with one attached hydrogen (secondary N) is 1. The Bertz CT molecular complexity index is 843. The van der Waals surface area contributed by atoms with Crippen LogP contribution in [0.15, 0.2) is 47.2 Å². The van der Waals surface area contributed by atoms with Gasteiger partial charge in [-0.3, -0.25) is 9.78 Å². The van der Waals surface area contributed by atoms with Crippen LogP contribution in [0.4, 0.5) is 0 Å².